The SMILES string of the molecule is CCCCCCCCCCCCCCCCCC(=O)OC(CN1CCOCC1)CN1CCCC1=O.Cl. The van der Waals surface area contributed by atoms with Crippen molar-refractivity contribution in [2.24, 2.45) is 0 Å². The van der Waals surface area contributed by atoms with E-state index in [-0.39, 0.29) is 30.4 Å². The molecule has 2 fully saturated rings. The number of likely N-dealkylation sites (tertiary alicyclic amines) is 1. The number of hydrogen-bond donors (Lipinski definition) is 0. The molecular formula is C29H55ClN2O4. The monoisotopic (exact) mass is 530 g/mol. The van der Waals surface area contributed by atoms with Gasteiger partial charge in [-0.05, 0) is 12.8 Å². The summed E-state index contributed by atoms with van der Waals surface area (Å²) in [6.07, 6.45) is 21.6. The molecule has 1 unspecified atom stereocenters. The molecular weight excluding hydrogens is 476 g/mol. The predicted molar refractivity (Wildman–Crippen MR) is 150 cm³/mol. The smallest absolute Gasteiger partial charge is 0.306 e. The summed E-state index contributed by atoms with van der Waals surface area (Å²) in [5.74, 6) is 0.0834. The Kier molecular flexibility index (Phi) is 20.4. The minimum absolute atomic E-state index is 0. The van der Waals surface area contributed by atoms with Crippen LogP contribution in [-0.2, 0) is 19.1 Å². The van der Waals surface area contributed by atoms with Crippen LogP contribution in [0.1, 0.15) is 122 Å². The summed E-state index contributed by atoms with van der Waals surface area (Å²) in [5.41, 5.74) is 0. The molecule has 2 aliphatic rings. The standard InChI is InChI=1S/C29H54N2O4.ClH/c1-2-3-4-5-6-7-8-9-10-11-12-13-14-15-16-19-29(33)35-27(25-30-21-23-34-24-22-30)26-31-20-17-18-28(31)32;/h27H,2-26H2,1H3;1H. The number of ether oxygens (including phenoxy) is 2. The van der Waals surface area contributed by atoms with Crippen molar-refractivity contribution in [1.29, 1.82) is 0 Å². The molecule has 0 radical (unpaired) electrons. The Bertz CT molecular complexity index is 557. The summed E-state index contributed by atoms with van der Waals surface area (Å²) >= 11 is 0. The Hall–Kier alpha value is -0.850. The molecule has 2 rings (SSSR count). The fourth-order valence-corrected chi connectivity index (χ4v) is 5.23. The Balaban J connectivity index is 0.00000648. The highest BCUT2D eigenvalue weighted by atomic mass is 35.5. The molecule has 6 nitrogen and oxygen atoms in total. The highest BCUT2D eigenvalue weighted by molar-refractivity contribution is 5.85. The van der Waals surface area contributed by atoms with Crippen LogP contribution in [-0.4, -0.2) is 73.7 Å². The first-order valence-electron chi connectivity index (χ1n) is 15.0. The lowest BCUT2D eigenvalue weighted by Gasteiger charge is -2.32. The summed E-state index contributed by atoms with van der Waals surface area (Å²) in [4.78, 5) is 28.7. The molecule has 0 aromatic rings. The second-order valence-corrected chi connectivity index (χ2v) is 10.7. The van der Waals surface area contributed by atoms with E-state index in [4.69, 9.17) is 9.47 Å². The fraction of sp³-hybridized carbons (Fsp3) is 0.931. The maximum atomic E-state index is 12.5. The molecule has 0 aliphatic carbocycles. The van der Waals surface area contributed by atoms with E-state index in [1.807, 2.05) is 4.90 Å². The highest BCUT2D eigenvalue weighted by Gasteiger charge is 2.27. The van der Waals surface area contributed by atoms with Gasteiger partial charge >= 0.3 is 5.97 Å². The molecule has 0 N–H and O–H groups in total. The summed E-state index contributed by atoms with van der Waals surface area (Å²) < 4.78 is 11.3. The van der Waals surface area contributed by atoms with E-state index < -0.39 is 0 Å². The molecule has 2 aliphatic heterocycles. The number of amides is 1. The highest BCUT2D eigenvalue weighted by Crippen LogP contribution is 2.15. The Morgan fingerprint density at radius 2 is 1.33 bits per heavy atom. The van der Waals surface area contributed by atoms with Gasteiger partial charge in [-0.25, -0.2) is 0 Å². The molecule has 2 heterocycles. The topological polar surface area (TPSA) is 59.1 Å². The number of halogens is 1. The van der Waals surface area contributed by atoms with Gasteiger partial charge in [-0.2, -0.15) is 0 Å². The van der Waals surface area contributed by atoms with Gasteiger partial charge in [0.25, 0.3) is 0 Å². The van der Waals surface area contributed by atoms with Crippen LogP contribution in [0.2, 0.25) is 0 Å². The van der Waals surface area contributed by atoms with Crippen LogP contribution >= 0.6 is 12.4 Å². The van der Waals surface area contributed by atoms with Crippen molar-refractivity contribution < 1.29 is 19.1 Å². The first-order chi connectivity index (χ1) is 17.2. The third-order valence-corrected chi connectivity index (χ3v) is 7.44. The van der Waals surface area contributed by atoms with Crippen LogP contribution in [0.5, 0.6) is 0 Å². The van der Waals surface area contributed by atoms with Crippen molar-refractivity contribution in [2.75, 3.05) is 45.9 Å². The Labute approximate surface area is 227 Å². The molecule has 2 saturated heterocycles. The van der Waals surface area contributed by atoms with Gasteiger partial charge in [0.2, 0.25) is 5.91 Å². The zero-order valence-corrected chi connectivity index (χ0v) is 24.0. The number of carbonyl (C=O) groups excluding carboxylic acids is 2. The third-order valence-electron chi connectivity index (χ3n) is 7.44. The molecule has 1 atom stereocenters. The maximum Gasteiger partial charge on any atom is 0.306 e. The van der Waals surface area contributed by atoms with Crippen LogP contribution in [0.25, 0.3) is 0 Å². The molecule has 7 heteroatoms. The van der Waals surface area contributed by atoms with Crippen molar-refractivity contribution in [3.05, 3.63) is 0 Å². The number of carbonyl (C=O) groups is 2. The molecule has 0 saturated carbocycles. The quantitative estimate of drug-likeness (QED) is 0.125. The van der Waals surface area contributed by atoms with Gasteiger partial charge in [-0.3, -0.25) is 14.5 Å². The van der Waals surface area contributed by atoms with Crippen LogP contribution in [0.15, 0.2) is 0 Å². The third kappa shape index (κ3) is 16.1. The van der Waals surface area contributed by atoms with Crippen LogP contribution in [0.3, 0.4) is 0 Å². The van der Waals surface area contributed by atoms with E-state index in [1.165, 1.54) is 83.5 Å². The number of morpholine rings is 1. The van der Waals surface area contributed by atoms with E-state index in [0.717, 1.165) is 52.1 Å². The summed E-state index contributed by atoms with van der Waals surface area (Å²) in [5, 5.41) is 0. The van der Waals surface area contributed by atoms with Gasteiger partial charge in [0.1, 0.15) is 6.10 Å². The van der Waals surface area contributed by atoms with Gasteiger partial charge in [0.05, 0.1) is 19.8 Å². The fourth-order valence-electron chi connectivity index (χ4n) is 5.23. The largest absolute Gasteiger partial charge is 0.459 e. The molecule has 212 valence electrons. The summed E-state index contributed by atoms with van der Waals surface area (Å²) in [7, 11) is 0. The number of rotatable bonds is 21. The molecule has 36 heavy (non-hydrogen) atoms. The zero-order valence-electron chi connectivity index (χ0n) is 23.2. The Morgan fingerprint density at radius 3 is 1.83 bits per heavy atom. The molecule has 0 aromatic heterocycles. The van der Waals surface area contributed by atoms with Crippen molar-refractivity contribution in [2.45, 2.75) is 129 Å². The lowest BCUT2D eigenvalue weighted by molar-refractivity contribution is -0.153. The lowest BCUT2D eigenvalue weighted by atomic mass is 10.0. The van der Waals surface area contributed by atoms with Crippen LogP contribution < -0.4 is 0 Å². The lowest BCUT2D eigenvalue weighted by Crippen LogP contribution is -2.46. The Morgan fingerprint density at radius 1 is 0.806 bits per heavy atom. The number of esters is 1. The van der Waals surface area contributed by atoms with E-state index in [1.54, 1.807) is 0 Å². The predicted octanol–water partition coefficient (Wildman–Crippen LogP) is 6.54. The van der Waals surface area contributed by atoms with Gasteiger partial charge in [-0.15, -0.1) is 12.4 Å². The average Bonchev–Trinajstić information content (AvgIpc) is 3.26. The second-order valence-electron chi connectivity index (χ2n) is 10.7. The van der Waals surface area contributed by atoms with Gasteiger partial charge < -0.3 is 14.4 Å². The molecule has 0 spiro atoms. The molecule has 1 amide bonds. The van der Waals surface area contributed by atoms with Crippen molar-refractivity contribution in [3.8, 4) is 0 Å². The minimum Gasteiger partial charge on any atom is -0.459 e. The van der Waals surface area contributed by atoms with Crippen molar-refractivity contribution in [1.82, 2.24) is 9.80 Å². The minimum atomic E-state index is -0.237. The number of hydrogen-bond acceptors (Lipinski definition) is 5. The normalized spacial score (nSPS) is 17.2. The first-order valence-corrected chi connectivity index (χ1v) is 15.0. The van der Waals surface area contributed by atoms with Crippen molar-refractivity contribution >= 4 is 24.3 Å². The number of nitrogens with zero attached hydrogens (tertiary/aromatic N) is 2. The van der Waals surface area contributed by atoms with Crippen molar-refractivity contribution in [3.63, 3.8) is 0 Å². The van der Waals surface area contributed by atoms with Gasteiger partial charge in [-0.1, -0.05) is 96.8 Å². The first kappa shape index (κ1) is 33.2. The van der Waals surface area contributed by atoms with E-state index >= 15 is 0 Å². The second kappa shape index (κ2) is 22.2. The van der Waals surface area contributed by atoms with E-state index in [2.05, 4.69) is 11.8 Å². The van der Waals surface area contributed by atoms with E-state index in [0.29, 0.717) is 25.9 Å². The summed E-state index contributed by atoms with van der Waals surface area (Å²) in [6.45, 7) is 7.46. The zero-order chi connectivity index (χ0) is 25.0. The van der Waals surface area contributed by atoms with Crippen LogP contribution in [0, 0.1) is 0 Å². The van der Waals surface area contributed by atoms with Crippen LogP contribution in [0.4, 0.5) is 0 Å². The van der Waals surface area contributed by atoms with E-state index in [9.17, 15) is 9.59 Å². The number of unbranched alkanes of at least 4 members (excludes halogenated alkanes) is 14. The van der Waals surface area contributed by atoms with Gasteiger partial charge in [0.15, 0.2) is 0 Å². The summed E-state index contributed by atoms with van der Waals surface area (Å²) in [6, 6.07) is 0. The molecule has 0 bridgehead atoms. The maximum absolute atomic E-state index is 12.5. The average molecular weight is 531 g/mol. The van der Waals surface area contributed by atoms with Gasteiger partial charge in [0, 0.05) is 39.0 Å². The molecule has 0 aromatic carbocycles.